The second kappa shape index (κ2) is 17.0. The minimum atomic E-state index is -1.01. The zero-order chi connectivity index (χ0) is 30.4. The van der Waals surface area contributed by atoms with E-state index >= 15 is 0 Å². The molecule has 11 heteroatoms. The zero-order valence-electron chi connectivity index (χ0n) is 23.8. The van der Waals surface area contributed by atoms with Gasteiger partial charge in [0.15, 0.2) is 0 Å². The highest BCUT2D eigenvalue weighted by atomic mass is 16.5. The van der Waals surface area contributed by atoms with E-state index in [1.54, 1.807) is 12.1 Å². The maximum absolute atomic E-state index is 13.2. The van der Waals surface area contributed by atoms with Crippen LogP contribution in [0.4, 0.5) is 0 Å². The molecular weight excluding hydrogens is 528 g/mol. The lowest BCUT2D eigenvalue weighted by Gasteiger charge is -2.23. The third-order valence-electron chi connectivity index (χ3n) is 6.39. The highest BCUT2D eigenvalue weighted by Gasteiger charge is 2.28. The second-order valence-electron chi connectivity index (χ2n) is 10.4. The van der Waals surface area contributed by atoms with Crippen LogP contribution in [0, 0.1) is 5.92 Å². The average molecular weight is 571 g/mol. The van der Waals surface area contributed by atoms with E-state index in [1.807, 2.05) is 44.2 Å². The number of aliphatic hydroxyl groups excluding tert-OH is 1. The van der Waals surface area contributed by atoms with Crippen LogP contribution < -0.4 is 21.7 Å². The first kappa shape index (κ1) is 33.2. The van der Waals surface area contributed by atoms with Gasteiger partial charge in [-0.3, -0.25) is 14.4 Å². The van der Waals surface area contributed by atoms with Gasteiger partial charge >= 0.3 is 5.97 Å². The lowest BCUT2D eigenvalue weighted by atomic mass is 10.0. The maximum Gasteiger partial charge on any atom is 0.328 e. The molecule has 3 amide bonds. The summed E-state index contributed by atoms with van der Waals surface area (Å²) in [4.78, 5) is 50.5. The number of carbonyl (C=O) groups is 4. The molecule has 2 rings (SSSR count). The van der Waals surface area contributed by atoms with E-state index in [9.17, 15) is 29.4 Å². The first-order chi connectivity index (χ1) is 19.5. The van der Waals surface area contributed by atoms with E-state index in [0.717, 1.165) is 11.1 Å². The van der Waals surface area contributed by atoms with Crippen molar-refractivity contribution in [3.8, 4) is 5.75 Å². The van der Waals surface area contributed by atoms with E-state index in [4.69, 9.17) is 10.5 Å². The first-order valence-corrected chi connectivity index (χ1v) is 13.7. The number of phenols is 1. The van der Waals surface area contributed by atoms with E-state index in [2.05, 4.69) is 16.0 Å². The Balaban J connectivity index is 1.90. The smallest absolute Gasteiger partial charge is 0.328 e. The van der Waals surface area contributed by atoms with Crippen molar-refractivity contribution < 1.29 is 34.1 Å². The molecule has 0 heterocycles. The van der Waals surface area contributed by atoms with Gasteiger partial charge in [-0.2, -0.15) is 0 Å². The number of esters is 1. The van der Waals surface area contributed by atoms with Crippen LogP contribution in [-0.4, -0.2) is 71.8 Å². The van der Waals surface area contributed by atoms with E-state index in [1.165, 1.54) is 19.2 Å². The zero-order valence-corrected chi connectivity index (χ0v) is 23.8. The van der Waals surface area contributed by atoms with Gasteiger partial charge in [-0.05, 0) is 48.4 Å². The molecule has 7 N–H and O–H groups in total. The van der Waals surface area contributed by atoms with Crippen LogP contribution in [0.3, 0.4) is 0 Å². The standard InChI is InChI=1S/C30H42N4O7/c1-19(2)15-26(30(40)41-3)34-29(39)25(17-20-7-5-4-6-8-20)33-27(37)14-13-23(36)18-32-28(38)24(31)16-21-9-11-22(35)12-10-21/h4-12,19,23-26,35-36H,13-18,31H2,1-3H3,(H,32,38)(H,33,37)(H,34,39)/t23-,24-,25-,26-/m0/s1. The molecule has 0 aromatic heterocycles. The van der Waals surface area contributed by atoms with Crippen LogP contribution in [0.2, 0.25) is 0 Å². The molecule has 0 fully saturated rings. The molecule has 4 atom stereocenters. The minimum Gasteiger partial charge on any atom is -0.508 e. The highest BCUT2D eigenvalue weighted by Crippen LogP contribution is 2.11. The fourth-order valence-electron chi connectivity index (χ4n) is 4.15. The SMILES string of the molecule is COC(=O)[C@H](CC(C)C)NC(=O)[C@H](Cc1ccccc1)NC(=O)CC[C@H](O)CNC(=O)[C@@H](N)Cc1ccc(O)cc1. The number of hydrogen-bond acceptors (Lipinski definition) is 8. The van der Waals surface area contributed by atoms with Crippen molar-refractivity contribution in [2.45, 2.75) is 70.2 Å². The van der Waals surface area contributed by atoms with Gasteiger partial charge in [0, 0.05) is 19.4 Å². The normalized spacial score (nSPS) is 13.9. The molecule has 41 heavy (non-hydrogen) atoms. The second-order valence-corrected chi connectivity index (χ2v) is 10.4. The molecule has 0 aliphatic carbocycles. The Bertz CT molecular complexity index is 1130. The summed E-state index contributed by atoms with van der Waals surface area (Å²) in [6, 6.07) is 12.8. The number of benzene rings is 2. The Morgan fingerprint density at radius 2 is 1.51 bits per heavy atom. The summed E-state index contributed by atoms with van der Waals surface area (Å²) < 4.78 is 4.83. The molecule has 0 radical (unpaired) electrons. The molecule has 0 unspecified atom stereocenters. The molecule has 2 aromatic carbocycles. The summed E-state index contributed by atoms with van der Waals surface area (Å²) in [5.41, 5.74) is 7.54. The van der Waals surface area contributed by atoms with Gasteiger partial charge in [-0.15, -0.1) is 0 Å². The summed E-state index contributed by atoms with van der Waals surface area (Å²) in [7, 11) is 1.25. The molecule has 0 bridgehead atoms. The fraction of sp³-hybridized carbons (Fsp3) is 0.467. The number of aromatic hydroxyl groups is 1. The molecule has 0 saturated heterocycles. The molecule has 0 spiro atoms. The van der Waals surface area contributed by atoms with E-state index in [0.29, 0.717) is 6.42 Å². The van der Waals surface area contributed by atoms with Gasteiger partial charge in [-0.1, -0.05) is 56.3 Å². The molecule has 0 aliphatic rings. The van der Waals surface area contributed by atoms with Crippen molar-refractivity contribution in [3.05, 3.63) is 65.7 Å². The molecule has 2 aromatic rings. The number of hydrogen-bond donors (Lipinski definition) is 6. The van der Waals surface area contributed by atoms with Gasteiger partial charge in [0.1, 0.15) is 17.8 Å². The topological polar surface area (TPSA) is 180 Å². The maximum atomic E-state index is 13.2. The quantitative estimate of drug-likeness (QED) is 0.161. The van der Waals surface area contributed by atoms with E-state index in [-0.39, 0.29) is 43.9 Å². The van der Waals surface area contributed by atoms with Crippen molar-refractivity contribution in [1.82, 2.24) is 16.0 Å². The largest absolute Gasteiger partial charge is 0.508 e. The third kappa shape index (κ3) is 12.4. The number of nitrogens with two attached hydrogens (primary N) is 1. The van der Waals surface area contributed by atoms with Gasteiger partial charge in [0.25, 0.3) is 0 Å². The minimum absolute atomic E-state index is 0.0388. The van der Waals surface area contributed by atoms with Crippen LogP contribution in [0.1, 0.15) is 44.2 Å². The van der Waals surface area contributed by atoms with Gasteiger partial charge in [-0.25, -0.2) is 4.79 Å². The van der Waals surface area contributed by atoms with Crippen molar-refractivity contribution in [2.75, 3.05) is 13.7 Å². The van der Waals surface area contributed by atoms with E-state index < -0.39 is 47.9 Å². The predicted molar refractivity (Wildman–Crippen MR) is 154 cm³/mol. The number of carbonyl (C=O) groups excluding carboxylic acids is 4. The monoisotopic (exact) mass is 570 g/mol. The summed E-state index contributed by atoms with van der Waals surface area (Å²) in [6.07, 6.45) is -0.240. The van der Waals surface area contributed by atoms with Crippen molar-refractivity contribution in [3.63, 3.8) is 0 Å². The van der Waals surface area contributed by atoms with Gasteiger partial charge in [0.2, 0.25) is 17.7 Å². The Morgan fingerprint density at radius 3 is 2.12 bits per heavy atom. The molecule has 0 aliphatic heterocycles. The lowest BCUT2D eigenvalue weighted by Crippen LogP contribution is -2.53. The van der Waals surface area contributed by atoms with Crippen molar-refractivity contribution in [2.24, 2.45) is 11.7 Å². The number of phenolic OH excluding ortho intramolecular Hbond substituents is 1. The number of amides is 3. The summed E-state index contributed by atoms with van der Waals surface area (Å²) in [5, 5.41) is 27.7. The predicted octanol–water partition coefficient (Wildman–Crippen LogP) is 0.951. The van der Waals surface area contributed by atoms with Crippen LogP contribution in [0.25, 0.3) is 0 Å². The van der Waals surface area contributed by atoms with Gasteiger partial charge < -0.3 is 36.6 Å². The molecule has 11 nitrogen and oxygen atoms in total. The Hall–Kier alpha value is -3.96. The molecule has 224 valence electrons. The third-order valence-corrected chi connectivity index (χ3v) is 6.39. The van der Waals surface area contributed by atoms with Crippen molar-refractivity contribution >= 4 is 23.7 Å². The fourth-order valence-corrected chi connectivity index (χ4v) is 4.15. The number of aliphatic hydroxyl groups is 1. The van der Waals surface area contributed by atoms with Crippen LogP contribution >= 0.6 is 0 Å². The lowest BCUT2D eigenvalue weighted by molar-refractivity contribution is -0.145. The first-order valence-electron chi connectivity index (χ1n) is 13.7. The van der Waals surface area contributed by atoms with Crippen LogP contribution in [0.5, 0.6) is 5.75 Å². The van der Waals surface area contributed by atoms with Crippen LogP contribution in [-0.2, 0) is 36.8 Å². The van der Waals surface area contributed by atoms with Crippen LogP contribution in [0.15, 0.2) is 54.6 Å². The average Bonchev–Trinajstić information content (AvgIpc) is 2.95. The number of rotatable bonds is 16. The Morgan fingerprint density at radius 1 is 0.878 bits per heavy atom. The summed E-state index contributed by atoms with van der Waals surface area (Å²) in [5.74, 6) is -1.77. The molecule has 0 saturated carbocycles. The number of nitrogens with one attached hydrogen (secondary N) is 3. The summed E-state index contributed by atoms with van der Waals surface area (Å²) in [6.45, 7) is 3.74. The Labute approximate surface area is 240 Å². The Kier molecular flexibility index (Phi) is 13.8. The highest BCUT2D eigenvalue weighted by molar-refractivity contribution is 5.91. The molecular formula is C30H42N4O7. The number of ether oxygens (including phenoxy) is 1. The summed E-state index contributed by atoms with van der Waals surface area (Å²) >= 11 is 0. The number of methoxy groups -OCH3 is 1. The van der Waals surface area contributed by atoms with Gasteiger partial charge in [0.05, 0.1) is 19.3 Å². The van der Waals surface area contributed by atoms with Crippen molar-refractivity contribution in [1.29, 1.82) is 0 Å².